The number of aliphatic carboxylic acids is 1. The van der Waals surface area contributed by atoms with E-state index < -0.39 is 28.1 Å². The van der Waals surface area contributed by atoms with Crippen LogP contribution >= 0.6 is 0 Å². The molecule has 0 unspecified atom stereocenters. The second-order valence-corrected chi connectivity index (χ2v) is 10.3. The number of benzene rings is 3. The Kier molecular flexibility index (Phi) is 12.0. The first-order valence-corrected chi connectivity index (χ1v) is 14.0. The minimum absolute atomic E-state index is 0.0407. The molecule has 13 heteroatoms. The summed E-state index contributed by atoms with van der Waals surface area (Å²) in [5.74, 6) is -3.30. The van der Waals surface area contributed by atoms with E-state index in [-0.39, 0.29) is 16.1 Å². The predicted octanol–water partition coefficient (Wildman–Crippen LogP) is 6.02. The van der Waals surface area contributed by atoms with E-state index >= 15 is 0 Å². The van der Waals surface area contributed by atoms with E-state index in [0.29, 0.717) is 31.1 Å². The summed E-state index contributed by atoms with van der Waals surface area (Å²) in [6.45, 7) is 5.65. The highest BCUT2D eigenvalue weighted by Gasteiger charge is 2.38. The lowest BCUT2D eigenvalue weighted by Gasteiger charge is -2.27. The molecule has 3 aromatic carbocycles. The first-order valence-electron chi connectivity index (χ1n) is 12.5. The first-order chi connectivity index (χ1) is 19.3. The molecule has 0 aliphatic rings. The van der Waals surface area contributed by atoms with Crippen molar-refractivity contribution in [1.29, 1.82) is 0 Å². The Balaban J connectivity index is 0.000000745. The van der Waals surface area contributed by atoms with Crippen LogP contribution in [0, 0.1) is 0 Å². The van der Waals surface area contributed by atoms with Crippen molar-refractivity contribution in [1.82, 2.24) is 0 Å². The van der Waals surface area contributed by atoms with Crippen molar-refractivity contribution >= 4 is 33.3 Å². The summed E-state index contributed by atoms with van der Waals surface area (Å²) in [6, 6.07) is 20.5. The largest absolute Gasteiger partial charge is 0.494 e. The van der Waals surface area contributed by atoms with Crippen molar-refractivity contribution in [2.24, 2.45) is 0 Å². The lowest BCUT2D eigenvalue weighted by atomic mass is 10.1. The molecule has 0 bridgehead atoms. The molecule has 0 amide bonds. The molecule has 0 aliphatic heterocycles. The quantitative estimate of drug-likeness (QED) is 0.231. The van der Waals surface area contributed by atoms with E-state index in [1.165, 1.54) is 18.2 Å². The number of aromatic carboxylic acids is 1. The molecule has 0 atom stereocenters. The zero-order valence-corrected chi connectivity index (χ0v) is 23.2. The van der Waals surface area contributed by atoms with E-state index in [9.17, 15) is 31.5 Å². The maximum absolute atomic E-state index is 12.8. The van der Waals surface area contributed by atoms with Gasteiger partial charge in [0, 0.05) is 18.8 Å². The van der Waals surface area contributed by atoms with Crippen LogP contribution in [0.25, 0.3) is 0 Å². The second-order valence-electron chi connectivity index (χ2n) is 8.61. The fourth-order valence-electron chi connectivity index (χ4n) is 3.58. The van der Waals surface area contributed by atoms with E-state index in [1.54, 1.807) is 24.3 Å². The zero-order valence-electron chi connectivity index (χ0n) is 22.4. The van der Waals surface area contributed by atoms with Crippen LogP contribution in [0.4, 0.5) is 24.5 Å². The number of nitrogens with zero attached hydrogens (tertiary/aromatic N) is 1. The van der Waals surface area contributed by atoms with E-state index in [2.05, 4.69) is 11.6 Å². The maximum atomic E-state index is 12.8. The maximum Gasteiger partial charge on any atom is 0.490 e. The SMILES string of the molecule is CCCCN(Cc1ccccc1)c1ccc(NS(=O)(=O)c2ccc(OCC)cc2)cc1C(=O)O.O=C(O)C(F)(F)F. The highest BCUT2D eigenvalue weighted by molar-refractivity contribution is 7.92. The average molecular weight is 597 g/mol. The fourth-order valence-corrected chi connectivity index (χ4v) is 4.63. The molecule has 3 rings (SSSR count). The normalized spacial score (nSPS) is 11.1. The standard InChI is InChI=1S/C26H30N2O5S.C2HF3O2/c1-3-5-17-28(19-20-9-7-6-8-10-20)25-16-11-21(18-24(25)26(29)30)27-34(31,32)23-14-12-22(13-15-23)33-4-2;3-2(4,5)1(6)7/h6-16,18,27H,3-5,17,19H2,1-2H3,(H,29,30);(H,6,7). The fraction of sp³-hybridized carbons (Fsp3) is 0.286. The third kappa shape index (κ3) is 10.3. The van der Waals surface area contributed by atoms with Crippen LogP contribution < -0.4 is 14.4 Å². The van der Waals surface area contributed by atoms with Crippen LogP contribution in [0.3, 0.4) is 0 Å². The van der Waals surface area contributed by atoms with Gasteiger partial charge in [-0.25, -0.2) is 18.0 Å². The molecule has 0 fully saturated rings. The molecular formula is C28H31F3N2O7S. The van der Waals surface area contributed by atoms with Gasteiger partial charge in [-0.2, -0.15) is 13.2 Å². The number of carboxylic acid groups (broad SMARTS) is 2. The summed E-state index contributed by atoms with van der Waals surface area (Å²) >= 11 is 0. The molecule has 41 heavy (non-hydrogen) atoms. The van der Waals surface area contributed by atoms with Crippen LogP contribution in [0.5, 0.6) is 5.75 Å². The Bertz CT molecular complexity index is 1400. The number of ether oxygens (including phenoxy) is 1. The summed E-state index contributed by atoms with van der Waals surface area (Å²) in [5, 5.41) is 17.0. The number of sulfonamides is 1. The molecule has 3 aromatic rings. The van der Waals surface area contributed by atoms with Gasteiger partial charge in [-0.1, -0.05) is 43.7 Å². The van der Waals surface area contributed by atoms with E-state index in [4.69, 9.17) is 14.6 Å². The molecule has 0 aliphatic carbocycles. The molecule has 9 nitrogen and oxygen atoms in total. The lowest BCUT2D eigenvalue weighted by molar-refractivity contribution is -0.192. The van der Waals surface area contributed by atoms with Crippen LogP contribution in [0.2, 0.25) is 0 Å². The van der Waals surface area contributed by atoms with Gasteiger partial charge >= 0.3 is 18.1 Å². The monoisotopic (exact) mass is 596 g/mol. The van der Waals surface area contributed by atoms with Crippen molar-refractivity contribution in [3.05, 3.63) is 83.9 Å². The second kappa shape index (κ2) is 14.9. The summed E-state index contributed by atoms with van der Waals surface area (Å²) < 4.78 is 65.3. The Morgan fingerprint density at radius 1 is 0.951 bits per heavy atom. The molecule has 0 saturated heterocycles. The summed E-state index contributed by atoms with van der Waals surface area (Å²) in [4.78, 5) is 23.1. The van der Waals surface area contributed by atoms with Crippen LogP contribution in [0.15, 0.2) is 77.7 Å². The van der Waals surface area contributed by atoms with Gasteiger partial charge < -0.3 is 19.8 Å². The number of carboxylic acids is 2. The minimum Gasteiger partial charge on any atom is -0.494 e. The summed E-state index contributed by atoms with van der Waals surface area (Å²) in [6.07, 6.45) is -3.22. The molecule has 0 radical (unpaired) electrons. The number of anilines is 2. The van der Waals surface area contributed by atoms with Crippen molar-refractivity contribution < 1.29 is 46.1 Å². The Morgan fingerprint density at radius 3 is 2.07 bits per heavy atom. The number of alkyl halides is 3. The van der Waals surface area contributed by atoms with Crippen molar-refractivity contribution in [2.75, 3.05) is 22.8 Å². The van der Waals surface area contributed by atoms with Crippen LogP contribution in [-0.4, -0.2) is 49.9 Å². The Morgan fingerprint density at radius 2 is 1.56 bits per heavy atom. The smallest absolute Gasteiger partial charge is 0.490 e. The number of hydrogen-bond donors (Lipinski definition) is 3. The molecule has 0 spiro atoms. The number of hydrogen-bond acceptors (Lipinski definition) is 6. The van der Waals surface area contributed by atoms with Gasteiger partial charge in [-0.05, 0) is 61.4 Å². The van der Waals surface area contributed by atoms with E-state index in [0.717, 1.165) is 18.4 Å². The highest BCUT2D eigenvalue weighted by Crippen LogP contribution is 2.28. The zero-order chi connectivity index (χ0) is 30.6. The molecule has 222 valence electrons. The van der Waals surface area contributed by atoms with Gasteiger partial charge in [-0.15, -0.1) is 0 Å². The van der Waals surface area contributed by atoms with Crippen LogP contribution in [0.1, 0.15) is 42.6 Å². The lowest BCUT2D eigenvalue weighted by Crippen LogP contribution is -2.26. The van der Waals surface area contributed by atoms with Gasteiger partial charge in [0.2, 0.25) is 0 Å². The molecule has 0 heterocycles. The van der Waals surface area contributed by atoms with Gasteiger partial charge in [0.25, 0.3) is 10.0 Å². The van der Waals surface area contributed by atoms with Crippen molar-refractivity contribution in [3.8, 4) is 5.75 Å². The highest BCUT2D eigenvalue weighted by atomic mass is 32.2. The number of carbonyl (C=O) groups is 2. The first kappa shape index (κ1) is 32.9. The molecule has 3 N–H and O–H groups in total. The molecular weight excluding hydrogens is 565 g/mol. The number of unbranched alkanes of at least 4 members (excludes halogenated alkanes) is 1. The van der Waals surface area contributed by atoms with Gasteiger partial charge in [0.05, 0.1) is 22.8 Å². The summed E-state index contributed by atoms with van der Waals surface area (Å²) in [5.41, 5.74) is 1.84. The number of rotatable bonds is 12. The third-order valence-electron chi connectivity index (χ3n) is 5.51. The topological polar surface area (TPSA) is 133 Å². The van der Waals surface area contributed by atoms with Gasteiger partial charge in [0.15, 0.2) is 0 Å². The van der Waals surface area contributed by atoms with E-state index in [1.807, 2.05) is 42.2 Å². The molecule has 0 saturated carbocycles. The summed E-state index contributed by atoms with van der Waals surface area (Å²) in [7, 11) is -3.90. The minimum atomic E-state index is -5.08. The van der Waals surface area contributed by atoms with Gasteiger partial charge in [-0.3, -0.25) is 4.72 Å². The predicted molar refractivity (Wildman–Crippen MR) is 148 cm³/mol. The molecule has 0 aromatic heterocycles. The van der Waals surface area contributed by atoms with Crippen molar-refractivity contribution in [3.63, 3.8) is 0 Å². The average Bonchev–Trinajstić information content (AvgIpc) is 2.92. The number of nitrogens with one attached hydrogen (secondary N) is 1. The van der Waals surface area contributed by atoms with Crippen molar-refractivity contribution in [2.45, 2.75) is 44.3 Å². The van der Waals surface area contributed by atoms with Gasteiger partial charge in [0.1, 0.15) is 5.75 Å². The number of halogens is 3. The third-order valence-corrected chi connectivity index (χ3v) is 6.90. The Hall–Kier alpha value is -4.26. The Labute approximate surface area is 236 Å². The van der Waals surface area contributed by atoms with Crippen LogP contribution in [-0.2, 0) is 21.4 Å².